The van der Waals surface area contributed by atoms with Gasteiger partial charge in [0.15, 0.2) is 12.3 Å². The third-order valence-corrected chi connectivity index (χ3v) is 4.04. The number of benzene rings is 2. The smallest absolute Gasteiger partial charge is 0.417 e. The van der Waals surface area contributed by atoms with E-state index >= 15 is 0 Å². The highest BCUT2D eigenvalue weighted by atomic mass is 16.5. The molecular weight excluding hydrogens is 380 g/mol. The molecule has 3 N–H and O–H groups in total. The first-order valence-electron chi connectivity index (χ1n) is 9.11. The Morgan fingerprint density at radius 3 is 2.59 bits per heavy atom. The molecule has 0 saturated heterocycles. The van der Waals surface area contributed by atoms with Gasteiger partial charge in [-0.25, -0.2) is 4.79 Å². The van der Waals surface area contributed by atoms with Gasteiger partial charge in [-0.15, -0.1) is 0 Å². The van der Waals surface area contributed by atoms with Crippen molar-refractivity contribution in [2.24, 2.45) is 0 Å². The number of carbonyl (C=O) groups is 1. The molecule has 1 aliphatic rings. The fraction of sp³-hybridized carbons (Fsp3) is 0.300. The number of hydrogen-bond acceptors (Lipinski definition) is 8. The Kier molecular flexibility index (Phi) is 6.40. The van der Waals surface area contributed by atoms with E-state index in [1.54, 1.807) is 6.07 Å². The van der Waals surface area contributed by atoms with E-state index in [4.69, 9.17) is 23.7 Å². The Bertz CT molecular complexity index is 1050. The number of ether oxygens (including phenoxy) is 3. The Balaban J connectivity index is 0.000000166. The van der Waals surface area contributed by atoms with Crippen LogP contribution >= 0.6 is 0 Å². The van der Waals surface area contributed by atoms with Gasteiger partial charge in [-0.2, -0.15) is 0 Å². The van der Waals surface area contributed by atoms with Crippen LogP contribution in [0.5, 0.6) is 17.2 Å². The zero-order valence-corrected chi connectivity index (χ0v) is 16.1. The Labute approximate surface area is 166 Å². The topological polar surface area (TPSA) is 123 Å². The second-order valence-electron chi connectivity index (χ2n) is 5.98. The predicted molar refractivity (Wildman–Crippen MR) is 106 cm³/mol. The number of aliphatic hydroxyl groups excluding tert-OH is 1. The van der Waals surface area contributed by atoms with Gasteiger partial charge in [0.2, 0.25) is 0 Å². The third-order valence-electron chi connectivity index (χ3n) is 4.04. The lowest BCUT2D eigenvalue weighted by Crippen LogP contribution is -1.99. The van der Waals surface area contributed by atoms with Crippen molar-refractivity contribution < 1.29 is 28.5 Å². The Hall–Kier alpha value is -3.46. The first-order chi connectivity index (χ1) is 14.1. The number of hydrogen-bond donors (Lipinski definition) is 3. The van der Waals surface area contributed by atoms with Crippen LogP contribution in [0, 0.1) is 0 Å². The number of aldehydes is 1. The van der Waals surface area contributed by atoms with E-state index in [1.807, 2.05) is 26.0 Å². The van der Waals surface area contributed by atoms with Crippen LogP contribution in [-0.4, -0.2) is 36.3 Å². The molecule has 154 valence electrons. The summed E-state index contributed by atoms with van der Waals surface area (Å²) in [5.74, 6) is 1.38. The van der Waals surface area contributed by atoms with Gasteiger partial charge in [0.05, 0.1) is 19.8 Å². The number of fused-ring (bicyclic) bond motifs is 2. The monoisotopic (exact) mass is 402 g/mol. The quantitative estimate of drug-likeness (QED) is 0.538. The maximum Gasteiger partial charge on any atom is 0.417 e. The van der Waals surface area contributed by atoms with Crippen molar-refractivity contribution in [1.82, 2.24) is 4.98 Å². The van der Waals surface area contributed by atoms with Crippen molar-refractivity contribution >= 4 is 23.1 Å². The number of aliphatic hydroxyl groups is 1. The van der Waals surface area contributed by atoms with Crippen molar-refractivity contribution in [3.63, 3.8) is 0 Å². The molecule has 0 amide bonds. The maximum absolute atomic E-state index is 11.0. The van der Waals surface area contributed by atoms with Crippen LogP contribution in [0.1, 0.15) is 29.8 Å². The van der Waals surface area contributed by atoms with Crippen LogP contribution in [0.3, 0.4) is 0 Å². The minimum absolute atomic E-state index is 0.00326. The van der Waals surface area contributed by atoms with Crippen molar-refractivity contribution in [3.8, 4) is 17.2 Å². The Morgan fingerprint density at radius 2 is 1.90 bits per heavy atom. The molecule has 0 fully saturated rings. The van der Waals surface area contributed by atoms with Gasteiger partial charge >= 0.3 is 5.76 Å². The summed E-state index contributed by atoms with van der Waals surface area (Å²) < 4.78 is 20.9. The lowest BCUT2D eigenvalue weighted by Gasteiger charge is -2.09. The van der Waals surface area contributed by atoms with Gasteiger partial charge in [-0.1, -0.05) is 0 Å². The standard InChI is InChI=1S/C10H9NO4.C10H13NO3/c1-2-14-7-3-6(5-12)4-8-9(7)11-10(13)15-8;1-2-13-8-3-7(5-12)4-9-10(8)11-6-14-9/h3-5H,2H2,1H3,(H,11,13);3-4,11-12H,2,5-6H2,1H3. The Morgan fingerprint density at radius 1 is 1.14 bits per heavy atom. The van der Waals surface area contributed by atoms with E-state index in [9.17, 15) is 9.59 Å². The normalized spacial score (nSPS) is 11.7. The molecule has 0 radical (unpaired) electrons. The average molecular weight is 402 g/mol. The maximum atomic E-state index is 11.0. The van der Waals surface area contributed by atoms with E-state index in [0.717, 1.165) is 22.7 Å². The van der Waals surface area contributed by atoms with Crippen LogP contribution in [0.4, 0.5) is 5.69 Å². The van der Waals surface area contributed by atoms with E-state index in [1.165, 1.54) is 6.07 Å². The molecule has 2 aromatic carbocycles. The SMILES string of the molecule is CCOc1cc(C=O)cc2oc(=O)[nH]c12.CCOc1cc(CO)cc2c1NCO2. The largest absolute Gasteiger partial charge is 0.492 e. The number of aromatic nitrogens is 1. The van der Waals surface area contributed by atoms with Gasteiger partial charge in [0.25, 0.3) is 0 Å². The number of oxazole rings is 1. The van der Waals surface area contributed by atoms with E-state index in [0.29, 0.717) is 48.6 Å². The van der Waals surface area contributed by atoms with Crippen LogP contribution in [0.15, 0.2) is 33.5 Å². The highest BCUT2D eigenvalue weighted by Gasteiger charge is 2.17. The molecule has 1 aromatic heterocycles. The molecule has 3 aromatic rings. The van der Waals surface area contributed by atoms with Crippen LogP contribution < -0.4 is 25.3 Å². The van der Waals surface area contributed by atoms with Gasteiger partial charge in [-0.05, 0) is 43.7 Å². The number of carbonyl (C=O) groups excluding carboxylic acids is 1. The summed E-state index contributed by atoms with van der Waals surface area (Å²) >= 11 is 0. The number of anilines is 1. The summed E-state index contributed by atoms with van der Waals surface area (Å²) in [5.41, 5.74) is 2.90. The molecule has 0 spiro atoms. The van der Waals surface area contributed by atoms with Crippen LogP contribution in [0.25, 0.3) is 11.1 Å². The van der Waals surface area contributed by atoms with Crippen molar-refractivity contribution in [2.45, 2.75) is 20.5 Å². The van der Waals surface area contributed by atoms with Gasteiger partial charge < -0.3 is 29.1 Å². The zero-order chi connectivity index (χ0) is 20.8. The van der Waals surface area contributed by atoms with E-state index in [-0.39, 0.29) is 6.61 Å². The van der Waals surface area contributed by atoms with Crippen molar-refractivity contribution in [3.05, 3.63) is 45.9 Å². The molecule has 0 atom stereocenters. The van der Waals surface area contributed by atoms with Crippen molar-refractivity contribution in [2.75, 3.05) is 25.3 Å². The molecule has 1 aliphatic heterocycles. The number of rotatable bonds is 6. The molecule has 0 bridgehead atoms. The number of nitrogens with one attached hydrogen (secondary N) is 2. The summed E-state index contributed by atoms with van der Waals surface area (Å²) in [6.07, 6.45) is 0.676. The second-order valence-corrected chi connectivity index (χ2v) is 5.98. The summed E-state index contributed by atoms with van der Waals surface area (Å²) in [6, 6.07) is 6.69. The first kappa shape index (κ1) is 20.3. The summed E-state index contributed by atoms with van der Waals surface area (Å²) in [5, 5.41) is 12.1. The highest BCUT2D eigenvalue weighted by Crippen LogP contribution is 2.39. The molecule has 0 aliphatic carbocycles. The minimum atomic E-state index is -0.561. The fourth-order valence-electron chi connectivity index (χ4n) is 2.86. The fourth-order valence-corrected chi connectivity index (χ4v) is 2.86. The molecular formula is C20H22N2O7. The highest BCUT2D eigenvalue weighted by molar-refractivity contribution is 5.87. The summed E-state index contributed by atoms with van der Waals surface area (Å²) in [7, 11) is 0. The second kappa shape index (κ2) is 9.16. The average Bonchev–Trinajstić information content (AvgIpc) is 3.34. The van der Waals surface area contributed by atoms with Gasteiger partial charge in [0.1, 0.15) is 34.7 Å². The van der Waals surface area contributed by atoms with Crippen LogP contribution in [0.2, 0.25) is 0 Å². The van der Waals surface area contributed by atoms with Gasteiger partial charge in [0, 0.05) is 5.56 Å². The van der Waals surface area contributed by atoms with E-state index < -0.39 is 5.76 Å². The van der Waals surface area contributed by atoms with Crippen molar-refractivity contribution in [1.29, 1.82) is 0 Å². The predicted octanol–water partition coefficient (Wildman–Crippen LogP) is 2.67. The molecule has 29 heavy (non-hydrogen) atoms. The minimum Gasteiger partial charge on any atom is -0.492 e. The molecule has 2 heterocycles. The number of H-pyrrole nitrogens is 1. The molecule has 4 rings (SSSR count). The molecule has 9 heteroatoms. The molecule has 9 nitrogen and oxygen atoms in total. The summed E-state index contributed by atoms with van der Waals surface area (Å²) in [6.45, 7) is 5.25. The van der Waals surface area contributed by atoms with Gasteiger partial charge in [-0.3, -0.25) is 9.78 Å². The zero-order valence-electron chi connectivity index (χ0n) is 16.1. The number of aromatic amines is 1. The lowest BCUT2D eigenvalue weighted by atomic mass is 10.2. The lowest BCUT2D eigenvalue weighted by molar-refractivity contribution is 0.112. The third kappa shape index (κ3) is 4.52. The molecule has 0 unspecified atom stereocenters. The van der Waals surface area contributed by atoms with E-state index in [2.05, 4.69) is 10.3 Å². The van der Waals surface area contributed by atoms with Crippen LogP contribution in [-0.2, 0) is 6.61 Å². The summed E-state index contributed by atoms with van der Waals surface area (Å²) in [4.78, 5) is 24.1. The first-order valence-corrected chi connectivity index (χ1v) is 9.11. The molecule has 0 saturated carbocycles.